The molecule has 1 N–H and O–H groups in total. The molecule has 4 rings (SSSR count). The Balaban J connectivity index is 1.79. The Labute approximate surface area is 201 Å². The Bertz CT molecular complexity index is 1190. The van der Waals surface area contributed by atoms with Gasteiger partial charge in [0.2, 0.25) is 10.0 Å². The topological polar surface area (TPSA) is 46.2 Å². The quantitative estimate of drug-likeness (QED) is 0.401. The zero-order valence-corrected chi connectivity index (χ0v) is 20.1. The summed E-state index contributed by atoms with van der Waals surface area (Å²) in [4.78, 5) is 0. The highest BCUT2D eigenvalue weighted by molar-refractivity contribution is 7.90. The first-order valence-electron chi connectivity index (χ1n) is 11.6. The maximum absolute atomic E-state index is 14.1. The first-order chi connectivity index (χ1) is 16.2. The van der Waals surface area contributed by atoms with Crippen LogP contribution in [-0.4, -0.2) is 25.9 Å². The molecule has 1 saturated carbocycles. The Hall–Kier alpha value is -2.07. The molecule has 2 aliphatic rings. The van der Waals surface area contributed by atoms with Crippen LogP contribution in [0.25, 0.3) is 11.1 Å². The van der Waals surface area contributed by atoms with Crippen molar-refractivity contribution in [1.29, 1.82) is 0 Å². The van der Waals surface area contributed by atoms with Gasteiger partial charge in [0, 0.05) is 5.92 Å². The predicted molar refractivity (Wildman–Crippen MR) is 121 cm³/mol. The molecule has 3 unspecified atom stereocenters. The Morgan fingerprint density at radius 3 is 2.20 bits per heavy atom. The summed E-state index contributed by atoms with van der Waals surface area (Å²) in [5.41, 5.74) is 0.299. The average Bonchev–Trinajstić information content (AvgIpc) is 3.55. The number of hydrogen-bond acceptors (Lipinski definition) is 2. The van der Waals surface area contributed by atoms with E-state index in [1.807, 2.05) is 18.6 Å². The summed E-state index contributed by atoms with van der Waals surface area (Å²) in [5.74, 6) is -1.36. The van der Waals surface area contributed by atoms with Crippen molar-refractivity contribution in [3.8, 4) is 11.1 Å². The van der Waals surface area contributed by atoms with Gasteiger partial charge in [0.15, 0.2) is 0 Å². The monoisotopic (exact) mass is 519 g/mol. The number of hydrogen-bond donors (Lipinski definition) is 1. The maximum atomic E-state index is 14.1. The molecule has 0 bridgehead atoms. The van der Waals surface area contributed by atoms with Crippen LogP contribution in [0.5, 0.6) is 0 Å². The summed E-state index contributed by atoms with van der Waals surface area (Å²) in [6.07, 6.45) is -8.14. The van der Waals surface area contributed by atoms with E-state index >= 15 is 0 Å². The molecule has 2 aromatic rings. The first kappa shape index (κ1) is 26.0. The lowest BCUT2D eigenvalue weighted by Gasteiger charge is -2.28. The van der Waals surface area contributed by atoms with Crippen molar-refractivity contribution in [2.24, 2.45) is 5.92 Å². The summed E-state index contributed by atoms with van der Waals surface area (Å²) >= 11 is 0. The van der Waals surface area contributed by atoms with E-state index in [-0.39, 0.29) is 29.4 Å². The van der Waals surface area contributed by atoms with E-state index in [1.165, 1.54) is 30.3 Å². The SMILES string of the molecule is CC(C)CC1CC(C(NS(=O)(=O)C2CC2)C(F)(F)F)c2ccc(-c3ccccc3C(F)(F)F)cc21. The van der Waals surface area contributed by atoms with Gasteiger partial charge in [-0.25, -0.2) is 13.1 Å². The van der Waals surface area contributed by atoms with Crippen LogP contribution in [0.4, 0.5) is 26.3 Å². The van der Waals surface area contributed by atoms with E-state index in [4.69, 9.17) is 0 Å². The van der Waals surface area contributed by atoms with Gasteiger partial charge in [-0.2, -0.15) is 26.3 Å². The minimum absolute atomic E-state index is 0.0450. The van der Waals surface area contributed by atoms with E-state index in [1.54, 1.807) is 6.07 Å². The van der Waals surface area contributed by atoms with Gasteiger partial charge in [-0.05, 0) is 65.8 Å². The number of alkyl halides is 6. The standard InChI is InChI=1S/C25H27F6NO2S/c1-14(2)11-16-13-21(23(25(29,30)31)32-35(33,34)17-8-9-17)19-10-7-15(12-20(16)19)18-5-3-4-6-22(18)24(26,27)28/h3-7,10,12,14,16-17,21,23,32H,8-9,11,13H2,1-2H3. The first-order valence-corrected chi connectivity index (χ1v) is 13.1. The summed E-state index contributed by atoms with van der Waals surface area (Å²) in [5, 5.41) is -0.805. The van der Waals surface area contributed by atoms with Gasteiger partial charge < -0.3 is 0 Å². The minimum atomic E-state index is -4.82. The van der Waals surface area contributed by atoms with Gasteiger partial charge in [0.25, 0.3) is 0 Å². The predicted octanol–water partition coefficient (Wildman–Crippen LogP) is 7.00. The molecule has 0 aliphatic heterocycles. The number of sulfonamides is 1. The molecule has 3 nitrogen and oxygen atoms in total. The second kappa shape index (κ2) is 9.10. The van der Waals surface area contributed by atoms with Crippen molar-refractivity contribution in [2.45, 2.75) is 75.0 Å². The molecule has 3 atom stereocenters. The Kier molecular flexibility index (Phi) is 6.76. The van der Waals surface area contributed by atoms with Crippen molar-refractivity contribution >= 4 is 10.0 Å². The van der Waals surface area contributed by atoms with Gasteiger partial charge in [-0.3, -0.25) is 0 Å². The average molecular weight is 520 g/mol. The fourth-order valence-corrected chi connectivity index (χ4v) is 6.71. The molecule has 0 spiro atoms. The zero-order chi connectivity index (χ0) is 25.8. The second-order valence-electron chi connectivity index (χ2n) is 9.94. The molecule has 0 heterocycles. The Morgan fingerprint density at radius 1 is 0.971 bits per heavy atom. The lowest BCUT2D eigenvalue weighted by molar-refractivity contribution is -0.156. The van der Waals surface area contributed by atoms with Crippen LogP contribution in [0.15, 0.2) is 42.5 Å². The van der Waals surface area contributed by atoms with E-state index < -0.39 is 45.1 Å². The summed E-state index contributed by atoms with van der Waals surface area (Å²) in [6, 6.07) is 7.19. The van der Waals surface area contributed by atoms with Gasteiger partial charge in [0.05, 0.1) is 10.8 Å². The number of benzene rings is 2. The summed E-state index contributed by atoms with van der Waals surface area (Å²) in [6.45, 7) is 3.85. The number of nitrogens with one attached hydrogen (secondary N) is 1. The molecule has 0 aromatic heterocycles. The molecule has 0 saturated heterocycles. The van der Waals surface area contributed by atoms with E-state index in [2.05, 4.69) is 0 Å². The molecular weight excluding hydrogens is 492 g/mol. The lowest BCUT2D eigenvalue weighted by Crippen LogP contribution is -2.49. The van der Waals surface area contributed by atoms with Gasteiger partial charge in [0.1, 0.15) is 6.04 Å². The van der Waals surface area contributed by atoms with Crippen LogP contribution >= 0.6 is 0 Å². The van der Waals surface area contributed by atoms with Crippen molar-refractivity contribution in [3.05, 3.63) is 59.2 Å². The molecular formula is C25H27F6NO2S. The van der Waals surface area contributed by atoms with E-state index in [9.17, 15) is 34.8 Å². The van der Waals surface area contributed by atoms with Gasteiger partial charge in [-0.15, -0.1) is 0 Å². The minimum Gasteiger partial charge on any atom is -0.212 e. The molecule has 35 heavy (non-hydrogen) atoms. The van der Waals surface area contributed by atoms with Crippen LogP contribution in [0, 0.1) is 5.92 Å². The van der Waals surface area contributed by atoms with E-state index in [0.717, 1.165) is 6.07 Å². The fourth-order valence-electron chi connectivity index (χ4n) is 5.11. The number of fused-ring (bicyclic) bond motifs is 1. The van der Waals surface area contributed by atoms with E-state index in [0.29, 0.717) is 30.4 Å². The van der Waals surface area contributed by atoms with Crippen molar-refractivity contribution < 1.29 is 34.8 Å². The molecule has 0 amide bonds. The van der Waals surface area contributed by atoms with Crippen molar-refractivity contribution in [2.75, 3.05) is 0 Å². The lowest BCUT2D eigenvalue weighted by atomic mass is 9.89. The maximum Gasteiger partial charge on any atom is 0.417 e. The highest BCUT2D eigenvalue weighted by atomic mass is 32.2. The number of rotatable bonds is 7. The molecule has 1 fully saturated rings. The van der Waals surface area contributed by atoms with Gasteiger partial charge in [-0.1, -0.05) is 50.2 Å². The third-order valence-electron chi connectivity index (χ3n) is 6.77. The number of halogens is 6. The fraction of sp³-hybridized carbons (Fsp3) is 0.520. The molecule has 2 aliphatic carbocycles. The third-order valence-corrected chi connectivity index (χ3v) is 8.70. The largest absolute Gasteiger partial charge is 0.417 e. The van der Waals surface area contributed by atoms with Crippen LogP contribution in [0.3, 0.4) is 0 Å². The molecule has 192 valence electrons. The summed E-state index contributed by atoms with van der Waals surface area (Å²) in [7, 11) is -4.12. The van der Waals surface area contributed by atoms with Crippen LogP contribution in [-0.2, 0) is 16.2 Å². The smallest absolute Gasteiger partial charge is 0.212 e. The second-order valence-corrected chi connectivity index (χ2v) is 11.9. The third kappa shape index (κ3) is 5.53. The normalized spacial score (nSPS) is 21.9. The highest BCUT2D eigenvalue weighted by Crippen LogP contribution is 2.51. The van der Waals surface area contributed by atoms with Crippen LogP contribution in [0.2, 0.25) is 0 Å². The van der Waals surface area contributed by atoms with Crippen LogP contribution in [0.1, 0.15) is 68.1 Å². The summed E-state index contributed by atoms with van der Waals surface area (Å²) < 4.78 is 110. The zero-order valence-electron chi connectivity index (χ0n) is 19.2. The van der Waals surface area contributed by atoms with Crippen LogP contribution < -0.4 is 4.72 Å². The highest BCUT2D eigenvalue weighted by Gasteiger charge is 2.52. The molecule has 2 aromatic carbocycles. The van der Waals surface area contributed by atoms with Crippen molar-refractivity contribution in [1.82, 2.24) is 4.72 Å². The molecule has 0 radical (unpaired) electrons. The Morgan fingerprint density at radius 2 is 1.63 bits per heavy atom. The van der Waals surface area contributed by atoms with Crippen molar-refractivity contribution in [3.63, 3.8) is 0 Å². The van der Waals surface area contributed by atoms with Gasteiger partial charge >= 0.3 is 12.4 Å². The molecule has 10 heteroatoms.